The minimum Gasteiger partial charge on any atom is -0.487 e. The Kier molecular flexibility index (Phi) is 3.81. The van der Waals surface area contributed by atoms with Crippen molar-refractivity contribution < 1.29 is 13.9 Å². The number of carbonyl (C=O) groups excluding carboxylic acids is 1. The summed E-state index contributed by atoms with van der Waals surface area (Å²) in [6, 6.07) is 6.21. The summed E-state index contributed by atoms with van der Waals surface area (Å²) in [6.07, 6.45) is 3.75. The van der Waals surface area contributed by atoms with Gasteiger partial charge in [0.1, 0.15) is 30.4 Å². The quantitative estimate of drug-likeness (QED) is 0.870. The number of nitrogens with zero attached hydrogens (tertiary/aromatic N) is 3. The largest absolute Gasteiger partial charge is 0.487 e. The van der Waals surface area contributed by atoms with Gasteiger partial charge in [-0.3, -0.25) is 4.79 Å². The van der Waals surface area contributed by atoms with Crippen molar-refractivity contribution in [3.05, 3.63) is 42.0 Å². The molecule has 1 aromatic carbocycles. The van der Waals surface area contributed by atoms with Crippen molar-refractivity contribution in [3.63, 3.8) is 0 Å². The van der Waals surface area contributed by atoms with Crippen molar-refractivity contribution in [2.45, 2.75) is 32.0 Å². The summed E-state index contributed by atoms with van der Waals surface area (Å²) in [5, 5.41) is 10.7. The van der Waals surface area contributed by atoms with E-state index >= 15 is 0 Å². The van der Waals surface area contributed by atoms with Gasteiger partial charge in [0.2, 0.25) is 5.91 Å². The van der Waals surface area contributed by atoms with Gasteiger partial charge in [0.25, 0.3) is 0 Å². The van der Waals surface area contributed by atoms with E-state index in [4.69, 9.17) is 4.74 Å². The third kappa shape index (κ3) is 4.01. The Morgan fingerprint density at radius 2 is 2.33 bits per heavy atom. The smallest absolute Gasteiger partial charge is 0.242 e. The minimum atomic E-state index is -0.354. The summed E-state index contributed by atoms with van der Waals surface area (Å²) in [4.78, 5) is 11.6. The number of hydrogen-bond donors (Lipinski definition) is 1. The molecule has 0 aliphatic heterocycles. The highest BCUT2D eigenvalue weighted by atomic mass is 19.1. The van der Waals surface area contributed by atoms with E-state index in [1.165, 1.54) is 16.8 Å². The maximum Gasteiger partial charge on any atom is 0.242 e. The lowest BCUT2D eigenvalue weighted by atomic mass is 10.3. The van der Waals surface area contributed by atoms with Gasteiger partial charge in [-0.25, -0.2) is 9.07 Å². The average Bonchev–Trinajstić information content (AvgIpc) is 3.14. The number of hydrogen-bond acceptors (Lipinski definition) is 4. The molecule has 0 spiro atoms. The second-order valence-electron chi connectivity index (χ2n) is 5.00. The third-order valence-electron chi connectivity index (χ3n) is 3.02. The Balaban J connectivity index is 1.51. The molecule has 21 heavy (non-hydrogen) atoms. The molecule has 6 nitrogen and oxygen atoms in total. The van der Waals surface area contributed by atoms with Gasteiger partial charge >= 0.3 is 0 Å². The third-order valence-corrected chi connectivity index (χ3v) is 3.02. The molecule has 1 aromatic heterocycles. The number of aromatic nitrogens is 3. The van der Waals surface area contributed by atoms with Crippen LogP contribution in [-0.2, 0) is 17.9 Å². The molecule has 1 saturated carbocycles. The lowest BCUT2D eigenvalue weighted by Crippen LogP contribution is -2.29. The number of ether oxygens (including phenoxy) is 1. The summed E-state index contributed by atoms with van der Waals surface area (Å²) in [5.41, 5.74) is 0.582. The summed E-state index contributed by atoms with van der Waals surface area (Å²) in [5.74, 6) is 0.00364. The summed E-state index contributed by atoms with van der Waals surface area (Å²) in [7, 11) is 0. The molecule has 110 valence electrons. The monoisotopic (exact) mass is 290 g/mol. The average molecular weight is 290 g/mol. The predicted octanol–water partition coefficient (Wildman–Crippen LogP) is 1.27. The first-order valence-electron chi connectivity index (χ1n) is 6.76. The number of amides is 1. The van der Waals surface area contributed by atoms with E-state index in [0.29, 0.717) is 17.5 Å². The van der Waals surface area contributed by atoms with Gasteiger partial charge in [-0.2, -0.15) is 0 Å². The second-order valence-corrected chi connectivity index (χ2v) is 5.00. The SMILES string of the molecule is O=C(Cn1cc(COc2cccc(F)c2)nn1)NC1CC1. The van der Waals surface area contributed by atoms with Gasteiger partial charge in [-0.05, 0) is 25.0 Å². The van der Waals surface area contributed by atoms with Crippen LogP contribution in [-0.4, -0.2) is 26.9 Å². The van der Waals surface area contributed by atoms with Crippen LogP contribution in [0.4, 0.5) is 4.39 Å². The van der Waals surface area contributed by atoms with Crippen LogP contribution >= 0.6 is 0 Å². The van der Waals surface area contributed by atoms with Crippen LogP contribution in [0.25, 0.3) is 0 Å². The van der Waals surface area contributed by atoms with Crippen LogP contribution in [0, 0.1) is 5.82 Å². The van der Waals surface area contributed by atoms with Crippen LogP contribution in [0.5, 0.6) is 5.75 Å². The highest BCUT2D eigenvalue weighted by molar-refractivity contribution is 5.76. The fourth-order valence-electron chi connectivity index (χ4n) is 1.84. The Bertz CT molecular complexity index is 639. The second kappa shape index (κ2) is 5.90. The van der Waals surface area contributed by atoms with Gasteiger partial charge in [0.05, 0.1) is 6.20 Å². The Hall–Kier alpha value is -2.44. The zero-order valence-corrected chi connectivity index (χ0v) is 11.3. The molecule has 0 unspecified atom stereocenters. The Labute approximate surface area is 120 Å². The van der Waals surface area contributed by atoms with Gasteiger partial charge in [-0.1, -0.05) is 11.3 Å². The molecule has 7 heteroatoms. The lowest BCUT2D eigenvalue weighted by molar-refractivity contribution is -0.122. The summed E-state index contributed by atoms with van der Waals surface area (Å²) in [6.45, 7) is 0.317. The highest BCUT2D eigenvalue weighted by Gasteiger charge is 2.23. The van der Waals surface area contributed by atoms with Crippen LogP contribution < -0.4 is 10.1 Å². The summed E-state index contributed by atoms with van der Waals surface area (Å²) >= 11 is 0. The van der Waals surface area contributed by atoms with Crippen molar-refractivity contribution >= 4 is 5.91 Å². The topological polar surface area (TPSA) is 69.0 Å². The van der Waals surface area contributed by atoms with E-state index in [1.807, 2.05) is 0 Å². The van der Waals surface area contributed by atoms with E-state index in [0.717, 1.165) is 12.8 Å². The molecule has 0 bridgehead atoms. The molecule has 1 aliphatic rings. The number of carbonyl (C=O) groups is 1. The number of benzene rings is 1. The zero-order chi connectivity index (χ0) is 14.7. The van der Waals surface area contributed by atoms with Crippen LogP contribution in [0.2, 0.25) is 0 Å². The molecule has 1 fully saturated rings. The molecule has 1 amide bonds. The van der Waals surface area contributed by atoms with Crippen molar-refractivity contribution in [3.8, 4) is 5.75 Å². The Morgan fingerprint density at radius 3 is 3.10 bits per heavy atom. The molecule has 3 rings (SSSR count). The normalized spacial score (nSPS) is 14.0. The fourth-order valence-corrected chi connectivity index (χ4v) is 1.84. The minimum absolute atomic E-state index is 0.0694. The molecule has 0 atom stereocenters. The molecule has 2 aromatic rings. The first kappa shape index (κ1) is 13.5. The molecular formula is C14H15FN4O2. The molecule has 1 heterocycles. The van der Waals surface area contributed by atoms with E-state index < -0.39 is 0 Å². The number of nitrogens with one attached hydrogen (secondary N) is 1. The lowest BCUT2D eigenvalue weighted by Gasteiger charge is -2.03. The van der Waals surface area contributed by atoms with Crippen LogP contribution in [0.3, 0.4) is 0 Å². The van der Waals surface area contributed by atoms with Gasteiger partial charge in [-0.15, -0.1) is 5.10 Å². The molecule has 0 saturated heterocycles. The number of halogens is 1. The van der Waals surface area contributed by atoms with Crippen molar-refractivity contribution in [1.82, 2.24) is 20.3 Å². The van der Waals surface area contributed by atoms with Crippen LogP contribution in [0.15, 0.2) is 30.5 Å². The first-order valence-corrected chi connectivity index (χ1v) is 6.76. The van der Waals surface area contributed by atoms with E-state index in [1.54, 1.807) is 18.3 Å². The van der Waals surface area contributed by atoms with E-state index in [-0.39, 0.29) is 24.9 Å². The Morgan fingerprint density at radius 1 is 1.48 bits per heavy atom. The van der Waals surface area contributed by atoms with E-state index in [9.17, 15) is 9.18 Å². The van der Waals surface area contributed by atoms with Gasteiger partial charge in [0, 0.05) is 12.1 Å². The fraction of sp³-hybridized carbons (Fsp3) is 0.357. The standard InChI is InChI=1S/C14H15FN4O2/c15-10-2-1-3-13(6-10)21-9-12-7-19(18-17-12)8-14(20)16-11-4-5-11/h1-3,6-7,11H,4-5,8-9H2,(H,16,20). The summed E-state index contributed by atoms with van der Waals surface area (Å²) < 4.78 is 19.9. The maximum atomic E-state index is 13.0. The molecule has 1 N–H and O–H groups in total. The number of rotatable bonds is 6. The highest BCUT2D eigenvalue weighted by Crippen LogP contribution is 2.18. The zero-order valence-electron chi connectivity index (χ0n) is 11.3. The maximum absolute atomic E-state index is 13.0. The van der Waals surface area contributed by atoms with Crippen molar-refractivity contribution in [2.75, 3.05) is 0 Å². The van der Waals surface area contributed by atoms with Crippen molar-refractivity contribution in [2.24, 2.45) is 0 Å². The van der Waals surface area contributed by atoms with E-state index in [2.05, 4.69) is 15.6 Å². The van der Waals surface area contributed by atoms with Crippen LogP contribution in [0.1, 0.15) is 18.5 Å². The van der Waals surface area contributed by atoms with Gasteiger partial charge in [0.15, 0.2) is 0 Å². The molecular weight excluding hydrogens is 275 g/mol. The van der Waals surface area contributed by atoms with Crippen molar-refractivity contribution in [1.29, 1.82) is 0 Å². The first-order chi connectivity index (χ1) is 10.2. The predicted molar refractivity (Wildman–Crippen MR) is 71.9 cm³/mol. The molecule has 1 aliphatic carbocycles. The van der Waals surface area contributed by atoms with Gasteiger partial charge < -0.3 is 10.1 Å². The molecule has 0 radical (unpaired) electrons.